The molecule has 0 amide bonds. The molecule has 0 radical (unpaired) electrons. The van der Waals surface area contributed by atoms with Gasteiger partial charge in [-0.15, -0.1) is 0 Å². The van der Waals surface area contributed by atoms with E-state index in [-0.39, 0.29) is 0 Å². The largest absolute Gasteiger partial charge is 0.298 e. The molecule has 0 spiro atoms. The third kappa shape index (κ3) is 2.45. The average molecular weight is 273 g/mol. The van der Waals surface area contributed by atoms with Crippen molar-refractivity contribution in [1.82, 2.24) is 9.78 Å². The number of aldehydes is 1. The van der Waals surface area contributed by atoms with E-state index in [0.717, 1.165) is 17.5 Å². The fourth-order valence-corrected chi connectivity index (χ4v) is 2.15. The number of hydrogen-bond acceptors (Lipinski definition) is 3. The summed E-state index contributed by atoms with van der Waals surface area (Å²) in [5.41, 5.74) is 3.24. The molecule has 0 aliphatic carbocycles. The number of carbonyl (C=O) groups excluding carboxylic acids is 1. The van der Waals surface area contributed by atoms with E-state index in [2.05, 4.69) is 11.2 Å². The molecule has 0 fully saturated rings. The molecule has 0 aliphatic rings. The van der Waals surface area contributed by atoms with E-state index in [9.17, 15) is 4.79 Å². The minimum absolute atomic E-state index is 0.494. The zero-order valence-corrected chi connectivity index (χ0v) is 11.1. The van der Waals surface area contributed by atoms with Crippen LogP contribution in [0.2, 0.25) is 0 Å². The van der Waals surface area contributed by atoms with Gasteiger partial charge in [-0.1, -0.05) is 30.3 Å². The number of carbonyl (C=O) groups is 1. The summed E-state index contributed by atoms with van der Waals surface area (Å²) >= 11 is 0. The van der Waals surface area contributed by atoms with Crippen LogP contribution in [0.1, 0.15) is 15.9 Å². The third-order valence-corrected chi connectivity index (χ3v) is 3.16. The SMILES string of the molecule is N#Cc1cccc(-c2nn(-c3ccccc3)cc2C=O)c1. The van der Waals surface area contributed by atoms with Crippen LogP contribution in [-0.2, 0) is 0 Å². The Bertz CT molecular complexity index is 829. The number of benzene rings is 2. The maximum atomic E-state index is 11.3. The van der Waals surface area contributed by atoms with Crippen molar-refractivity contribution in [1.29, 1.82) is 5.26 Å². The van der Waals surface area contributed by atoms with E-state index >= 15 is 0 Å². The molecule has 0 atom stereocenters. The van der Waals surface area contributed by atoms with Crippen LogP contribution in [0.5, 0.6) is 0 Å². The topological polar surface area (TPSA) is 58.7 Å². The summed E-state index contributed by atoms with van der Waals surface area (Å²) < 4.78 is 1.66. The zero-order chi connectivity index (χ0) is 14.7. The Kier molecular flexibility index (Phi) is 3.32. The number of rotatable bonds is 3. The van der Waals surface area contributed by atoms with Crippen molar-refractivity contribution in [2.45, 2.75) is 0 Å². The molecule has 0 saturated carbocycles. The Balaban J connectivity index is 2.13. The van der Waals surface area contributed by atoms with Gasteiger partial charge in [0, 0.05) is 11.8 Å². The molecule has 4 heteroatoms. The van der Waals surface area contributed by atoms with Gasteiger partial charge < -0.3 is 0 Å². The lowest BCUT2D eigenvalue weighted by atomic mass is 10.1. The van der Waals surface area contributed by atoms with Gasteiger partial charge in [-0.3, -0.25) is 4.79 Å². The van der Waals surface area contributed by atoms with Crippen LogP contribution < -0.4 is 0 Å². The van der Waals surface area contributed by atoms with Crippen LogP contribution >= 0.6 is 0 Å². The van der Waals surface area contributed by atoms with Crippen LogP contribution in [0.25, 0.3) is 16.9 Å². The highest BCUT2D eigenvalue weighted by molar-refractivity contribution is 5.85. The predicted octanol–water partition coefficient (Wildman–Crippen LogP) is 3.22. The molecule has 3 aromatic rings. The molecule has 1 heterocycles. The first kappa shape index (κ1) is 12.8. The van der Waals surface area contributed by atoms with E-state index in [1.165, 1.54) is 0 Å². The fourth-order valence-electron chi connectivity index (χ4n) is 2.15. The van der Waals surface area contributed by atoms with Crippen molar-refractivity contribution >= 4 is 6.29 Å². The normalized spacial score (nSPS) is 10.0. The molecule has 0 N–H and O–H groups in total. The summed E-state index contributed by atoms with van der Waals surface area (Å²) in [7, 11) is 0. The Labute approximate surface area is 121 Å². The Morgan fingerprint density at radius 2 is 1.90 bits per heavy atom. The molecule has 4 nitrogen and oxygen atoms in total. The molecular formula is C17H11N3O. The van der Waals surface area contributed by atoms with Crippen molar-refractivity contribution in [3.63, 3.8) is 0 Å². The third-order valence-electron chi connectivity index (χ3n) is 3.16. The van der Waals surface area contributed by atoms with Gasteiger partial charge in [-0.25, -0.2) is 4.68 Å². The fraction of sp³-hybridized carbons (Fsp3) is 0. The molecule has 0 saturated heterocycles. The van der Waals surface area contributed by atoms with Crippen LogP contribution in [0, 0.1) is 11.3 Å². The van der Waals surface area contributed by atoms with Crippen molar-refractivity contribution in [3.8, 4) is 23.0 Å². The molecule has 21 heavy (non-hydrogen) atoms. The van der Waals surface area contributed by atoms with Crippen LogP contribution in [0.4, 0.5) is 0 Å². The number of para-hydroxylation sites is 1. The lowest BCUT2D eigenvalue weighted by molar-refractivity contribution is 0.112. The number of hydrogen-bond donors (Lipinski definition) is 0. The van der Waals surface area contributed by atoms with E-state index in [1.807, 2.05) is 36.4 Å². The standard InChI is InChI=1S/C17H11N3O/c18-10-13-5-4-6-14(9-13)17-15(12-21)11-20(19-17)16-7-2-1-3-8-16/h1-9,11-12H. The number of nitriles is 1. The molecular weight excluding hydrogens is 262 g/mol. The van der Waals surface area contributed by atoms with Crippen molar-refractivity contribution in [3.05, 3.63) is 71.9 Å². The van der Waals surface area contributed by atoms with E-state index in [0.29, 0.717) is 16.8 Å². The summed E-state index contributed by atoms with van der Waals surface area (Å²) in [4.78, 5) is 11.3. The molecule has 100 valence electrons. The Morgan fingerprint density at radius 1 is 1.10 bits per heavy atom. The summed E-state index contributed by atoms with van der Waals surface area (Å²) in [6.07, 6.45) is 2.47. The molecule has 0 unspecified atom stereocenters. The van der Waals surface area contributed by atoms with E-state index in [1.54, 1.807) is 29.1 Å². The average Bonchev–Trinajstić information content (AvgIpc) is 3.00. The highest BCUT2D eigenvalue weighted by Crippen LogP contribution is 2.23. The summed E-state index contributed by atoms with van der Waals surface area (Å²) in [6.45, 7) is 0. The molecule has 0 aliphatic heterocycles. The quantitative estimate of drug-likeness (QED) is 0.688. The summed E-state index contributed by atoms with van der Waals surface area (Å²) in [5, 5.41) is 13.4. The van der Waals surface area contributed by atoms with Crippen LogP contribution in [0.3, 0.4) is 0 Å². The van der Waals surface area contributed by atoms with Gasteiger partial charge in [0.25, 0.3) is 0 Å². The first-order chi connectivity index (χ1) is 10.3. The lowest BCUT2D eigenvalue weighted by Gasteiger charge is -2.00. The number of aromatic nitrogens is 2. The van der Waals surface area contributed by atoms with Crippen LogP contribution in [-0.4, -0.2) is 16.1 Å². The van der Waals surface area contributed by atoms with Crippen LogP contribution in [0.15, 0.2) is 60.8 Å². The van der Waals surface area contributed by atoms with Gasteiger partial charge in [0.05, 0.1) is 22.9 Å². The highest BCUT2D eigenvalue weighted by atomic mass is 16.1. The minimum Gasteiger partial charge on any atom is -0.298 e. The maximum Gasteiger partial charge on any atom is 0.153 e. The van der Waals surface area contributed by atoms with Gasteiger partial charge in [0.1, 0.15) is 5.69 Å². The summed E-state index contributed by atoms with van der Waals surface area (Å²) in [6, 6.07) is 18.7. The predicted molar refractivity (Wildman–Crippen MR) is 79.1 cm³/mol. The molecule has 2 aromatic carbocycles. The van der Waals surface area contributed by atoms with Gasteiger partial charge in [0.15, 0.2) is 6.29 Å². The van der Waals surface area contributed by atoms with Gasteiger partial charge in [-0.2, -0.15) is 10.4 Å². The second-order valence-corrected chi connectivity index (χ2v) is 4.52. The number of nitrogens with zero attached hydrogens (tertiary/aromatic N) is 3. The molecule has 3 rings (SSSR count). The minimum atomic E-state index is 0.494. The van der Waals surface area contributed by atoms with E-state index < -0.39 is 0 Å². The van der Waals surface area contributed by atoms with Gasteiger partial charge >= 0.3 is 0 Å². The van der Waals surface area contributed by atoms with Gasteiger partial charge in [-0.05, 0) is 24.3 Å². The first-order valence-electron chi connectivity index (χ1n) is 6.42. The highest BCUT2D eigenvalue weighted by Gasteiger charge is 2.12. The summed E-state index contributed by atoms with van der Waals surface area (Å²) in [5.74, 6) is 0. The monoisotopic (exact) mass is 273 g/mol. The Morgan fingerprint density at radius 3 is 2.62 bits per heavy atom. The zero-order valence-electron chi connectivity index (χ0n) is 11.1. The maximum absolute atomic E-state index is 11.3. The van der Waals surface area contributed by atoms with Crippen molar-refractivity contribution < 1.29 is 4.79 Å². The lowest BCUT2D eigenvalue weighted by Crippen LogP contribution is -1.94. The van der Waals surface area contributed by atoms with Crippen molar-refractivity contribution in [2.75, 3.05) is 0 Å². The molecule has 1 aromatic heterocycles. The second-order valence-electron chi connectivity index (χ2n) is 4.52. The van der Waals surface area contributed by atoms with E-state index in [4.69, 9.17) is 5.26 Å². The van der Waals surface area contributed by atoms with Crippen molar-refractivity contribution in [2.24, 2.45) is 0 Å². The Hall–Kier alpha value is -3.19. The second kappa shape index (κ2) is 5.43. The first-order valence-corrected chi connectivity index (χ1v) is 6.42. The van der Waals surface area contributed by atoms with Gasteiger partial charge in [0.2, 0.25) is 0 Å². The molecule has 0 bridgehead atoms. The smallest absolute Gasteiger partial charge is 0.153 e.